The molecule has 1 aromatic carbocycles. The highest BCUT2D eigenvalue weighted by Crippen LogP contribution is 2.46. The average Bonchev–Trinajstić information content (AvgIpc) is 2.86. The van der Waals surface area contributed by atoms with Gasteiger partial charge in [0, 0.05) is 15.6 Å². The van der Waals surface area contributed by atoms with E-state index < -0.39 is 0 Å². The van der Waals surface area contributed by atoms with E-state index in [0.717, 1.165) is 25.0 Å². The fraction of sp³-hybridized carbons (Fsp3) is 0.455. The molecule has 0 aromatic heterocycles. The minimum absolute atomic E-state index is 0.115. The smallest absolute Gasteiger partial charge is 0.118 e. The lowest BCUT2D eigenvalue weighted by Crippen LogP contribution is -2.08. The molecule has 1 aromatic rings. The van der Waals surface area contributed by atoms with Crippen molar-refractivity contribution in [1.29, 1.82) is 0 Å². The summed E-state index contributed by atoms with van der Waals surface area (Å²) in [5.41, 5.74) is 0.960. The maximum absolute atomic E-state index is 6.13. The lowest BCUT2D eigenvalue weighted by molar-refractivity contribution is 0.291. The molecule has 1 aliphatic rings. The van der Waals surface area contributed by atoms with Crippen LogP contribution in [0.3, 0.4) is 0 Å². The highest BCUT2D eigenvalue weighted by molar-refractivity contribution is 6.35. The second-order valence-electron chi connectivity index (χ2n) is 3.66. The van der Waals surface area contributed by atoms with E-state index in [1.165, 1.54) is 0 Å². The number of halogens is 2. The van der Waals surface area contributed by atoms with Gasteiger partial charge in [0.1, 0.15) is 5.60 Å². The van der Waals surface area contributed by atoms with Crippen LogP contribution in [0.5, 0.6) is 0 Å². The molecule has 0 aliphatic carbocycles. The van der Waals surface area contributed by atoms with Gasteiger partial charge < -0.3 is 4.74 Å². The Kier molecular flexibility index (Phi) is 2.74. The lowest BCUT2D eigenvalue weighted by atomic mass is 9.95. The van der Waals surface area contributed by atoms with E-state index in [9.17, 15) is 0 Å². The predicted octanol–water partition coefficient (Wildman–Crippen LogP) is 4.02. The molecule has 1 atom stereocenters. The third kappa shape index (κ3) is 1.77. The molecule has 1 heterocycles. The molecule has 0 radical (unpaired) electrons. The van der Waals surface area contributed by atoms with Crippen LogP contribution in [0.15, 0.2) is 18.2 Å². The number of rotatable bonds is 3. The third-order valence-electron chi connectivity index (χ3n) is 2.57. The molecule has 2 rings (SSSR count). The second-order valence-corrected chi connectivity index (χ2v) is 4.50. The van der Waals surface area contributed by atoms with E-state index in [0.29, 0.717) is 10.0 Å². The summed E-state index contributed by atoms with van der Waals surface area (Å²) < 4.78 is 5.52. The first-order chi connectivity index (χ1) is 6.68. The van der Waals surface area contributed by atoms with E-state index in [1.807, 2.05) is 12.1 Å². The minimum atomic E-state index is -0.115. The molecule has 76 valence electrons. The van der Waals surface area contributed by atoms with Crippen LogP contribution in [-0.4, -0.2) is 6.61 Å². The Balaban J connectivity index is 2.32. The van der Waals surface area contributed by atoms with E-state index in [4.69, 9.17) is 27.9 Å². The molecular formula is C11H12Cl2O. The maximum atomic E-state index is 6.13. The summed E-state index contributed by atoms with van der Waals surface area (Å²) in [5, 5.41) is 1.38. The summed E-state index contributed by atoms with van der Waals surface area (Å²) in [5.74, 6) is 0. The summed E-state index contributed by atoms with van der Waals surface area (Å²) in [4.78, 5) is 0. The number of hydrogen-bond acceptors (Lipinski definition) is 1. The third-order valence-corrected chi connectivity index (χ3v) is 3.12. The standard InChI is InChI=1S/C11H12Cl2O/c1-2-5-11(7-14-11)9-4-3-8(12)6-10(9)13/h3-4,6H,2,5,7H2,1H3. The van der Waals surface area contributed by atoms with Crippen LogP contribution in [0.25, 0.3) is 0 Å². The Morgan fingerprint density at radius 3 is 2.64 bits per heavy atom. The van der Waals surface area contributed by atoms with Gasteiger partial charge in [-0.1, -0.05) is 42.6 Å². The molecule has 0 spiro atoms. The van der Waals surface area contributed by atoms with Gasteiger partial charge in [-0.15, -0.1) is 0 Å². The monoisotopic (exact) mass is 230 g/mol. The Hall–Kier alpha value is -0.240. The van der Waals surface area contributed by atoms with Gasteiger partial charge in [0.2, 0.25) is 0 Å². The van der Waals surface area contributed by atoms with E-state index >= 15 is 0 Å². The topological polar surface area (TPSA) is 12.5 Å². The number of benzene rings is 1. The summed E-state index contributed by atoms with van der Waals surface area (Å²) in [6, 6.07) is 5.60. The molecule has 0 N–H and O–H groups in total. The van der Waals surface area contributed by atoms with Gasteiger partial charge in [0.05, 0.1) is 6.61 Å². The van der Waals surface area contributed by atoms with Crippen molar-refractivity contribution in [2.75, 3.05) is 6.61 Å². The van der Waals surface area contributed by atoms with Gasteiger partial charge in [-0.2, -0.15) is 0 Å². The van der Waals surface area contributed by atoms with Crippen LogP contribution in [0.1, 0.15) is 25.3 Å². The van der Waals surface area contributed by atoms with Gasteiger partial charge >= 0.3 is 0 Å². The van der Waals surface area contributed by atoms with E-state index in [1.54, 1.807) is 6.07 Å². The molecule has 1 fully saturated rings. The summed E-state index contributed by atoms with van der Waals surface area (Å²) in [6.07, 6.45) is 2.12. The second kappa shape index (κ2) is 3.73. The van der Waals surface area contributed by atoms with Crippen molar-refractivity contribution in [3.05, 3.63) is 33.8 Å². The molecule has 0 amide bonds. The van der Waals surface area contributed by atoms with Crippen molar-refractivity contribution in [1.82, 2.24) is 0 Å². The fourth-order valence-electron chi connectivity index (χ4n) is 1.78. The van der Waals surface area contributed by atoms with Crippen LogP contribution in [-0.2, 0) is 10.3 Å². The zero-order chi connectivity index (χ0) is 10.2. The Bertz CT molecular complexity index is 345. The highest BCUT2D eigenvalue weighted by Gasteiger charge is 2.46. The van der Waals surface area contributed by atoms with Crippen molar-refractivity contribution in [3.63, 3.8) is 0 Å². The van der Waals surface area contributed by atoms with Gasteiger partial charge in [0.15, 0.2) is 0 Å². The van der Waals surface area contributed by atoms with E-state index in [-0.39, 0.29) is 5.60 Å². The van der Waals surface area contributed by atoms with Gasteiger partial charge in [-0.05, 0) is 18.6 Å². The number of ether oxygens (including phenoxy) is 1. The first kappa shape index (κ1) is 10.3. The molecule has 1 nitrogen and oxygen atoms in total. The molecule has 1 saturated heterocycles. The maximum Gasteiger partial charge on any atom is 0.118 e. The molecule has 3 heteroatoms. The average molecular weight is 231 g/mol. The van der Waals surface area contributed by atoms with Crippen LogP contribution < -0.4 is 0 Å². The lowest BCUT2D eigenvalue weighted by Gasteiger charge is -2.12. The number of hydrogen-bond donors (Lipinski definition) is 0. The fourth-order valence-corrected chi connectivity index (χ4v) is 2.37. The molecule has 1 unspecified atom stereocenters. The highest BCUT2D eigenvalue weighted by atomic mass is 35.5. The van der Waals surface area contributed by atoms with E-state index in [2.05, 4.69) is 6.92 Å². The Morgan fingerprint density at radius 2 is 2.14 bits per heavy atom. The van der Waals surface area contributed by atoms with Crippen molar-refractivity contribution >= 4 is 23.2 Å². The zero-order valence-electron chi connectivity index (χ0n) is 8.02. The Labute approximate surface area is 94.0 Å². The van der Waals surface area contributed by atoms with Crippen LogP contribution in [0, 0.1) is 0 Å². The normalized spacial score (nSPS) is 25.1. The first-order valence-corrected chi connectivity index (χ1v) is 5.53. The number of epoxide rings is 1. The van der Waals surface area contributed by atoms with Gasteiger partial charge in [0.25, 0.3) is 0 Å². The first-order valence-electron chi connectivity index (χ1n) is 4.77. The predicted molar refractivity (Wildman–Crippen MR) is 59.0 cm³/mol. The zero-order valence-corrected chi connectivity index (χ0v) is 9.53. The molecule has 0 saturated carbocycles. The van der Waals surface area contributed by atoms with Crippen molar-refractivity contribution in [3.8, 4) is 0 Å². The SMILES string of the molecule is CCCC1(c2ccc(Cl)cc2Cl)CO1. The van der Waals surface area contributed by atoms with Crippen molar-refractivity contribution in [2.45, 2.75) is 25.4 Å². The summed E-state index contributed by atoms with van der Waals surface area (Å²) in [6.45, 7) is 2.93. The van der Waals surface area contributed by atoms with Crippen LogP contribution >= 0.6 is 23.2 Å². The molecular weight excluding hydrogens is 219 g/mol. The molecule has 14 heavy (non-hydrogen) atoms. The minimum Gasteiger partial charge on any atom is -0.364 e. The quantitative estimate of drug-likeness (QED) is 0.715. The van der Waals surface area contributed by atoms with Crippen molar-refractivity contribution < 1.29 is 4.74 Å². The Morgan fingerprint density at radius 1 is 1.43 bits per heavy atom. The van der Waals surface area contributed by atoms with Gasteiger partial charge in [-0.3, -0.25) is 0 Å². The van der Waals surface area contributed by atoms with Crippen molar-refractivity contribution in [2.24, 2.45) is 0 Å². The summed E-state index contributed by atoms with van der Waals surface area (Å²) >= 11 is 12.0. The van der Waals surface area contributed by atoms with Gasteiger partial charge in [-0.25, -0.2) is 0 Å². The largest absolute Gasteiger partial charge is 0.364 e. The summed E-state index contributed by atoms with van der Waals surface area (Å²) in [7, 11) is 0. The molecule has 0 bridgehead atoms. The van der Waals surface area contributed by atoms with Crippen LogP contribution in [0.2, 0.25) is 10.0 Å². The van der Waals surface area contributed by atoms with Crippen LogP contribution in [0.4, 0.5) is 0 Å². The molecule has 1 aliphatic heterocycles.